The van der Waals surface area contributed by atoms with Gasteiger partial charge in [-0.15, -0.1) is 0 Å². The van der Waals surface area contributed by atoms with Gasteiger partial charge in [0.15, 0.2) is 0 Å². The van der Waals surface area contributed by atoms with Gasteiger partial charge >= 0.3 is 0 Å². The molecule has 2 aliphatic rings. The van der Waals surface area contributed by atoms with Crippen LogP contribution >= 0.6 is 0 Å². The van der Waals surface area contributed by atoms with Gasteiger partial charge in [-0.1, -0.05) is 0 Å². The Bertz CT molecular complexity index is 565. The SMILES string of the molecule is Cc1cc(C(F)F)nn1CC(=O)N[C@H]1CO[C@H]2[C@@H]1OC[C@H]2O. The molecule has 3 rings (SSSR count). The summed E-state index contributed by atoms with van der Waals surface area (Å²) in [6.07, 6.45) is -4.16. The summed E-state index contributed by atoms with van der Waals surface area (Å²) in [4.78, 5) is 12.0. The molecule has 9 heteroatoms. The van der Waals surface area contributed by atoms with E-state index in [9.17, 15) is 18.7 Å². The highest BCUT2D eigenvalue weighted by Crippen LogP contribution is 2.27. The van der Waals surface area contributed by atoms with E-state index in [1.165, 1.54) is 10.7 Å². The van der Waals surface area contributed by atoms with E-state index in [4.69, 9.17) is 9.47 Å². The summed E-state index contributed by atoms with van der Waals surface area (Å²) in [5, 5.41) is 16.1. The highest BCUT2D eigenvalue weighted by Gasteiger charge is 2.47. The first kappa shape index (κ1) is 15.3. The molecule has 4 atom stereocenters. The summed E-state index contributed by atoms with van der Waals surface area (Å²) in [6, 6.07) is 0.892. The zero-order valence-electron chi connectivity index (χ0n) is 11.9. The summed E-state index contributed by atoms with van der Waals surface area (Å²) >= 11 is 0. The summed E-state index contributed by atoms with van der Waals surface area (Å²) < 4.78 is 37.2. The largest absolute Gasteiger partial charge is 0.388 e. The van der Waals surface area contributed by atoms with Gasteiger partial charge in [0.25, 0.3) is 6.43 Å². The highest BCUT2D eigenvalue weighted by molar-refractivity contribution is 5.76. The van der Waals surface area contributed by atoms with Crippen molar-refractivity contribution >= 4 is 5.91 Å². The van der Waals surface area contributed by atoms with Crippen molar-refractivity contribution in [2.45, 2.75) is 44.2 Å². The Morgan fingerprint density at radius 3 is 2.91 bits per heavy atom. The molecule has 2 aliphatic heterocycles. The van der Waals surface area contributed by atoms with Gasteiger partial charge < -0.3 is 19.9 Å². The average molecular weight is 317 g/mol. The smallest absolute Gasteiger partial charge is 0.282 e. The van der Waals surface area contributed by atoms with E-state index in [0.717, 1.165) is 0 Å². The lowest BCUT2D eigenvalue weighted by atomic mass is 10.1. The van der Waals surface area contributed by atoms with E-state index in [-0.39, 0.29) is 43.5 Å². The molecule has 2 fully saturated rings. The zero-order chi connectivity index (χ0) is 15.9. The molecule has 3 heterocycles. The summed E-state index contributed by atoms with van der Waals surface area (Å²) in [5.41, 5.74) is 0.135. The molecule has 122 valence electrons. The number of aliphatic hydroxyl groups is 1. The zero-order valence-corrected chi connectivity index (χ0v) is 11.9. The fourth-order valence-corrected chi connectivity index (χ4v) is 2.79. The van der Waals surface area contributed by atoms with Crippen LogP contribution in [0.5, 0.6) is 0 Å². The number of nitrogens with one attached hydrogen (secondary N) is 1. The number of hydrogen-bond acceptors (Lipinski definition) is 5. The lowest BCUT2D eigenvalue weighted by Gasteiger charge is -2.17. The van der Waals surface area contributed by atoms with Crippen LogP contribution in [0.2, 0.25) is 0 Å². The van der Waals surface area contributed by atoms with Crippen LogP contribution in [-0.4, -0.2) is 58.4 Å². The van der Waals surface area contributed by atoms with E-state index < -0.39 is 18.6 Å². The van der Waals surface area contributed by atoms with Gasteiger partial charge in [0.2, 0.25) is 5.91 Å². The first-order valence-electron chi connectivity index (χ1n) is 6.99. The average Bonchev–Trinajstić information content (AvgIpc) is 3.10. The number of rotatable bonds is 4. The van der Waals surface area contributed by atoms with Crippen molar-refractivity contribution in [1.29, 1.82) is 0 Å². The number of ether oxygens (including phenoxy) is 2. The third kappa shape index (κ3) is 2.83. The van der Waals surface area contributed by atoms with E-state index in [1.807, 2.05) is 0 Å². The van der Waals surface area contributed by atoms with Crippen LogP contribution in [0.15, 0.2) is 6.07 Å². The number of fused-ring (bicyclic) bond motifs is 1. The van der Waals surface area contributed by atoms with Crippen LogP contribution in [-0.2, 0) is 20.8 Å². The summed E-state index contributed by atoms with van der Waals surface area (Å²) in [6.45, 7) is 1.88. The number of carbonyl (C=O) groups excluding carboxylic acids is 1. The third-order valence-electron chi connectivity index (χ3n) is 3.89. The second kappa shape index (κ2) is 5.90. The Morgan fingerprint density at radius 1 is 1.50 bits per heavy atom. The maximum absolute atomic E-state index is 12.6. The minimum Gasteiger partial charge on any atom is -0.388 e. The molecule has 0 radical (unpaired) electrons. The Kier molecular flexibility index (Phi) is 4.11. The van der Waals surface area contributed by atoms with Gasteiger partial charge in [-0.25, -0.2) is 8.78 Å². The maximum Gasteiger partial charge on any atom is 0.282 e. The van der Waals surface area contributed by atoms with Crippen LogP contribution in [0.25, 0.3) is 0 Å². The first-order valence-corrected chi connectivity index (χ1v) is 6.99. The molecule has 0 aromatic carbocycles. The molecular weight excluding hydrogens is 300 g/mol. The van der Waals surface area contributed by atoms with E-state index in [1.54, 1.807) is 6.92 Å². The second-order valence-electron chi connectivity index (χ2n) is 5.51. The van der Waals surface area contributed by atoms with Gasteiger partial charge in [-0.05, 0) is 13.0 Å². The van der Waals surface area contributed by atoms with E-state index in [2.05, 4.69) is 10.4 Å². The van der Waals surface area contributed by atoms with Crippen molar-refractivity contribution in [2.75, 3.05) is 13.2 Å². The van der Waals surface area contributed by atoms with Crippen LogP contribution in [0.4, 0.5) is 8.78 Å². The second-order valence-corrected chi connectivity index (χ2v) is 5.51. The van der Waals surface area contributed by atoms with E-state index >= 15 is 0 Å². The van der Waals surface area contributed by atoms with Gasteiger partial charge in [0.1, 0.15) is 30.6 Å². The molecule has 22 heavy (non-hydrogen) atoms. The van der Waals surface area contributed by atoms with Crippen molar-refractivity contribution in [2.24, 2.45) is 0 Å². The van der Waals surface area contributed by atoms with Crippen molar-refractivity contribution in [3.8, 4) is 0 Å². The number of hydrogen-bond donors (Lipinski definition) is 2. The molecule has 0 saturated carbocycles. The van der Waals surface area contributed by atoms with E-state index in [0.29, 0.717) is 5.69 Å². The summed E-state index contributed by atoms with van der Waals surface area (Å²) in [7, 11) is 0. The fraction of sp³-hybridized carbons (Fsp3) is 0.692. The van der Waals surface area contributed by atoms with Crippen molar-refractivity contribution < 1.29 is 28.2 Å². The molecule has 1 aromatic rings. The standard InChI is InChI=1S/C13H17F2N3O4/c1-6-2-7(13(14)15)17-18(6)3-10(20)16-8-4-21-12-9(19)5-22-11(8)12/h2,8-9,11-13,19H,3-5H2,1H3,(H,16,20)/t8-,9+,11+,12+/m0/s1. The molecule has 1 amide bonds. The molecule has 0 spiro atoms. The third-order valence-corrected chi connectivity index (χ3v) is 3.89. The monoisotopic (exact) mass is 317 g/mol. The maximum atomic E-state index is 12.6. The molecule has 7 nitrogen and oxygen atoms in total. The number of amides is 1. The van der Waals surface area contributed by atoms with Gasteiger partial charge in [-0.3, -0.25) is 9.48 Å². The molecule has 2 saturated heterocycles. The minimum atomic E-state index is -2.67. The minimum absolute atomic E-state index is 0.158. The molecular formula is C13H17F2N3O4. The van der Waals surface area contributed by atoms with Gasteiger partial charge in [-0.2, -0.15) is 5.10 Å². The molecule has 1 aromatic heterocycles. The number of aliphatic hydroxyl groups excluding tert-OH is 1. The number of alkyl halides is 2. The Labute approximate surface area is 125 Å². The van der Waals surface area contributed by atoms with Crippen LogP contribution in [0, 0.1) is 6.92 Å². The molecule has 0 bridgehead atoms. The lowest BCUT2D eigenvalue weighted by Crippen LogP contribution is -2.45. The predicted molar refractivity (Wildman–Crippen MR) is 69.3 cm³/mol. The van der Waals surface area contributed by atoms with Crippen LogP contribution < -0.4 is 5.32 Å². The van der Waals surface area contributed by atoms with Crippen molar-refractivity contribution in [3.05, 3.63) is 17.5 Å². The Morgan fingerprint density at radius 2 is 2.23 bits per heavy atom. The number of carbonyl (C=O) groups is 1. The van der Waals surface area contributed by atoms with Crippen molar-refractivity contribution in [1.82, 2.24) is 15.1 Å². The number of nitrogens with zero attached hydrogens (tertiary/aromatic N) is 2. The normalized spacial score (nSPS) is 30.8. The first-order chi connectivity index (χ1) is 10.5. The molecule has 0 unspecified atom stereocenters. The molecule has 0 aliphatic carbocycles. The number of aryl methyl sites for hydroxylation is 1. The van der Waals surface area contributed by atoms with Gasteiger partial charge in [0, 0.05) is 5.69 Å². The Hall–Kier alpha value is -1.58. The summed E-state index contributed by atoms with van der Waals surface area (Å²) in [5.74, 6) is -0.369. The number of aromatic nitrogens is 2. The highest BCUT2D eigenvalue weighted by atomic mass is 19.3. The van der Waals surface area contributed by atoms with Crippen LogP contribution in [0.3, 0.4) is 0 Å². The van der Waals surface area contributed by atoms with Gasteiger partial charge in [0.05, 0.1) is 19.3 Å². The van der Waals surface area contributed by atoms with Crippen LogP contribution in [0.1, 0.15) is 17.8 Å². The topological polar surface area (TPSA) is 85.6 Å². The quantitative estimate of drug-likeness (QED) is 0.801. The fourth-order valence-electron chi connectivity index (χ4n) is 2.79. The Balaban J connectivity index is 1.59. The van der Waals surface area contributed by atoms with Crippen molar-refractivity contribution in [3.63, 3.8) is 0 Å². The lowest BCUT2D eigenvalue weighted by molar-refractivity contribution is -0.123. The molecule has 2 N–H and O–H groups in total. The number of halogens is 2. The predicted octanol–water partition coefficient (Wildman–Crippen LogP) is -0.228.